The fourth-order valence-corrected chi connectivity index (χ4v) is 3.47. The molecule has 4 aromatic rings. The molecule has 0 saturated carbocycles. The van der Waals surface area contributed by atoms with Crippen LogP contribution in [0.5, 0.6) is 0 Å². The summed E-state index contributed by atoms with van der Waals surface area (Å²) < 4.78 is 6.89. The molecule has 162 valence electrons. The zero-order chi connectivity index (χ0) is 22.3. The van der Waals surface area contributed by atoms with E-state index in [9.17, 15) is 9.90 Å². The number of pyridine rings is 1. The average Bonchev–Trinajstić information content (AvgIpc) is 3.52. The Bertz CT molecular complexity index is 1300. The summed E-state index contributed by atoms with van der Waals surface area (Å²) >= 11 is 0. The van der Waals surface area contributed by atoms with Crippen molar-refractivity contribution < 1.29 is 14.4 Å². The first-order valence-corrected chi connectivity index (χ1v) is 9.82. The van der Waals surface area contributed by atoms with Gasteiger partial charge >= 0.3 is 0 Å². The molecule has 1 aliphatic rings. The first kappa shape index (κ1) is 19.8. The van der Waals surface area contributed by atoms with Crippen molar-refractivity contribution in [1.82, 2.24) is 40.0 Å². The predicted molar refractivity (Wildman–Crippen MR) is 111 cm³/mol. The highest BCUT2D eigenvalue weighted by Crippen LogP contribution is 2.34. The van der Waals surface area contributed by atoms with Crippen molar-refractivity contribution in [2.45, 2.75) is 12.0 Å². The molecule has 5 rings (SSSR count). The van der Waals surface area contributed by atoms with Gasteiger partial charge in [-0.1, -0.05) is 16.4 Å². The SMILES string of the molecule is CN1CC[C@@](O)(c2cc(-c3cccc(-c4ccnc(Nc5cn(C)nn5)n4)n3)no2)C1=O. The lowest BCUT2D eigenvalue weighted by Crippen LogP contribution is -2.35. The summed E-state index contributed by atoms with van der Waals surface area (Å²) in [6, 6.07) is 8.66. The number of carbonyl (C=O) groups excluding carboxylic acids is 1. The maximum Gasteiger partial charge on any atom is 0.262 e. The number of hydrogen-bond donors (Lipinski definition) is 2. The van der Waals surface area contributed by atoms with E-state index < -0.39 is 11.5 Å². The van der Waals surface area contributed by atoms with Gasteiger partial charge in [0.05, 0.1) is 23.3 Å². The Labute approximate surface area is 181 Å². The molecule has 1 amide bonds. The number of hydrogen-bond acceptors (Lipinski definition) is 10. The van der Waals surface area contributed by atoms with Gasteiger partial charge in [0.1, 0.15) is 5.69 Å². The molecule has 32 heavy (non-hydrogen) atoms. The van der Waals surface area contributed by atoms with Crippen molar-refractivity contribution in [1.29, 1.82) is 0 Å². The second-order valence-corrected chi connectivity index (χ2v) is 7.49. The quantitative estimate of drug-likeness (QED) is 0.469. The van der Waals surface area contributed by atoms with Crippen LogP contribution < -0.4 is 5.32 Å². The van der Waals surface area contributed by atoms with E-state index in [0.717, 1.165) is 0 Å². The molecular weight excluding hydrogens is 414 g/mol. The molecule has 0 unspecified atom stereocenters. The topological polar surface area (TPSA) is 148 Å². The lowest BCUT2D eigenvalue weighted by molar-refractivity contribution is -0.144. The fourth-order valence-electron chi connectivity index (χ4n) is 3.47. The molecule has 5 heterocycles. The zero-order valence-electron chi connectivity index (χ0n) is 17.3. The molecule has 1 aliphatic heterocycles. The van der Waals surface area contributed by atoms with E-state index >= 15 is 0 Å². The van der Waals surface area contributed by atoms with Gasteiger partial charge in [-0.2, -0.15) is 0 Å². The van der Waals surface area contributed by atoms with Crippen LogP contribution in [0, 0.1) is 0 Å². The number of amides is 1. The molecule has 2 N–H and O–H groups in total. The molecule has 1 fully saturated rings. The van der Waals surface area contributed by atoms with Crippen LogP contribution >= 0.6 is 0 Å². The van der Waals surface area contributed by atoms with E-state index in [1.165, 1.54) is 4.90 Å². The summed E-state index contributed by atoms with van der Waals surface area (Å²) in [7, 11) is 3.40. The number of likely N-dealkylation sites (tertiary alicyclic amines) is 1. The molecule has 0 bridgehead atoms. The number of aromatic nitrogens is 7. The highest BCUT2D eigenvalue weighted by Gasteiger charge is 2.48. The smallest absolute Gasteiger partial charge is 0.262 e. The van der Waals surface area contributed by atoms with Crippen LogP contribution in [0.15, 0.2) is 47.2 Å². The van der Waals surface area contributed by atoms with E-state index in [1.54, 1.807) is 49.4 Å². The molecule has 0 spiro atoms. The second-order valence-electron chi connectivity index (χ2n) is 7.49. The van der Waals surface area contributed by atoms with Gasteiger partial charge in [0.15, 0.2) is 11.6 Å². The first-order chi connectivity index (χ1) is 15.4. The maximum atomic E-state index is 12.3. The van der Waals surface area contributed by atoms with Crippen LogP contribution in [-0.4, -0.2) is 64.6 Å². The Morgan fingerprint density at radius 3 is 2.62 bits per heavy atom. The molecule has 12 nitrogen and oxygen atoms in total. The zero-order valence-corrected chi connectivity index (χ0v) is 17.3. The van der Waals surface area contributed by atoms with Crippen molar-refractivity contribution >= 4 is 17.7 Å². The number of aliphatic hydroxyl groups is 1. The van der Waals surface area contributed by atoms with E-state index in [-0.39, 0.29) is 12.2 Å². The summed E-state index contributed by atoms with van der Waals surface area (Å²) in [6.07, 6.45) is 3.56. The lowest BCUT2D eigenvalue weighted by Gasteiger charge is -2.16. The Morgan fingerprint density at radius 2 is 1.91 bits per heavy atom. The van der Waals surface area contributed by atoms with Crippen molar-refractivity contribution in [2.75, 3.05) is 18.9 Å². The molecule has 4 aromatic heterocycles. The minimum atomic E-state index is -1.70. The van der Waals surface area contributed by atoms with Crippen molar-refractivity contribution in [3.8, 4) is 22.8 Å². The summed E-state index contributed by atoms with van der Waals surface area (Å²) in [5.74, 6) is 0.564. The molecule has 1 saturated heterocycles. The normalized spacial score (nSPS) is 18.3. The van der Waals surface area contributed by atoms with Crippen LogP contribution in [0.4, 0.5) is 11.8 Å². The third kappa shape index (κ3) is 3.46. The van der Waals surface area contributed by atoms with Crippen LogP contribution in [0.3, 0.4) is 0 Å². The van der Waals surface area contributed by atoms with E-state index in [2.05, 4.69) is 35.7 Å². The summed E-state index contributed by atoms with van der Waals surface area (Å²) in [4.78, 5) is 27.1. The van der Waals surface area contributed by atoms with Gasteiger partial charge in [-0.15, -0.1) is 5.10 Å². The number of carbonyl (C=O) groups is 1. The van der Waals surface area contributed by atoms with Gasteiger partial charge in [0, 0.05) is 39.3 Å². The third-order valence-electron chi connectivity index (χ3n) is 5.20. The number of nitrogens with one attached hydrogen (secondary N) is 1. The molecule has 0 aliphatic carbocycles. The van der Waals surface area contributed by atoms with Gasteiger partial charge in [0.2, 0.25) is 11.5 Å². The Morgan fingerprint density at radius 1 is 1.12 bits per heavy atom. The van der Waals surface area contributed by atoms with Gasteiger partial charge in [-0.25, -0.2) is 15.0 Å². The van der Waals surface area contributed by atoms with Crippen LogP contribution in [0.1, 0.15) is 12.2 Å². The molecular formula is C20H19N9O3. The number of anilines is 2. The summed E-state index contributed by atoms with van der Waals surface area (Å²) in [6.45, 7) is 0.442. The highest BCUT2D eigenvalue weighted by molar-refractivity contribution is 5.87. The van der Waals surface area contributed by atoms with Crippen molar-refractivity contribution in [3.63, 3.8) is 0 Å². The lowest BCUT2D eigenvalue weighted by atomic mass is 9.98. The first-order valence-electron chi connectivity index (χ1n) is 9.82. The third-order valence-corrected chi connectivity index (χ3v) is 5.20. The number of aryl methyl sites for hydroxylation is 1. The highest BCUT2D eigenvalue weighted by atomic mass is 16.5. The van der Waals surface area contributed by atoms with Gasteiger partial charge < -0.3 is 19.8 Å². The summed E-state index contributed by atoms with van der Waals surface area (Å²) in [5, 5.41) is 25.6. The molecule has 0 aromatic carbocycles. The minimum Gasteiger partial charge on any atom is -0.373 e. The number of rotatable bonds is 5. The van der Waals surface area contributed by atoms with E-state index in [0.29, 0.717) is 41.1 Å². The van der Waals surface area contributed by atoms with Gasteiger partial charge in [0.25, 0.3) is 5.91 Å². The Hall–Kier alpha value is -4.19. The standard InChI is InChI=1S/C20H19N9O3/c1-28-9-7-20(31,18(28)30)16-10-15(26-32-16)13-5-3-4-12(22-13)14-6-8-21-19(23-14)24-17-11-29(2)27-25-17/h3-6,8,10-11,31H,7,9H2,1-2H3,(H,21,23,24)/t20-/m1/s1. The minimum absolute atomic E-state index is 0.103. The monoisotopic (exact) mass is 433 g/mol. The van der Waals surface area contributed by atoms with Crippen LogP contribution in [0.2, 0.25) is 0 Å². The Kier molecular flexibility index (Phi) is 4.63. The van der Waals surface area contributed by atoms with E-state index in [4.69, 9.17) is 4.52 Å². The number of nitrogens with zero attached hydrogens (tertiary/aromatic N) is 8. The maximum absolute atomic E-state index is 12.3. The van der Waals surface area contributed by atoms with Gasteiger partial charge in [-0.3, -0.25) is 9.48 Å². The largest absolute Gasteiger partial charge is 0.373 e. The predicted octanol–water partition coefficient (Wildman–Crippen LogP) is 1.12. The fraction of sp³-hybridized carbons (Fsp3) is 0.250. The van der Waals surface area contributed by atoms with E-state index in [1.807, 2.05) is 12.1 Å². The average molecular weight is 433 g/mol. The molecule has 0 radical (unpaired) electrons. The molecule has 12 heteroatoms. The summed E-state index contributed by atoms with van der Waals surface area (Å²) in [5.41, 5.74) is 0.396. The molecule has 1 atom stereocenters. The van der Waals surface area contributed by atoms with Crippen LogP contribution in [0.25, 0.3) is 22.8 Å². The number of likely N-dealkylation sites (N-methyl/N-ethyl adjacent to an activating group) is 1. The second kappa shape index (κ2) is 7.50. The van der Waals surface area contributed by atoms with Crippen molar-refractivity contribution in [2.24, 2.45) is 7.05 Å². The van der Waals surface area contributed by atoms with Crippen molar-refractivity contribution in [3.05, 3.63) is 48.5 Å². The Balaban J connectivity index is 1.42. The van der Waals surface area contributed by atoms with Crippen LogP contribution in [-0.2, 0) is 17.4 Å². The van der Waals surface area contributed by atoms with Gasteiger partial charge in [-0.05, 0) is 18.2 Å².